The van der Waals surface area contributed by atoms with Gasteiger partial charge in [-0.15, -0.1) is 0 Å². The van der Waals surface area contributed by atoms with Crippen LogP contribution in [0.4, 0.5) is 20.2 Å². The number of rotatable bonds is 4. The van der Waals surface area contributed by atoms with E-state index in [1.807, 2.05) is 6.92 Å². The van der Waals surface area contributed by atoms with E-state index in [-0.39, 0.29) is 12.4 Å². The maximum Gasteiger partial charge on any atom is 0.146 e. The normalized spacial score (nSPS) is 10.5. The summed E-state index contributed by atoms with van der Waals surface area (Å²) < 4.78 is 27.3. The lowest BCUT2D eigenvalue weighted by atomic mass is 10.1. The van der Waals surface area contributed by atoms with Gasteiger partial charge in [0.25, 0.3) is 0 Å². The van der Waals surface area contributed by atoms with Crippen molar-refractivity contribution >= 4 is 11.4 Å². The molecule has 0 unspecified atom stereocenters. The Morgan fingerprint density at radius 1 is 1.11 bits per heavy atom. The Balaban J connectivity index is 2.48. The van der Waals surface area contributed by atoms with Crippen molar-refractivity contribution in [1.29, 1.82) is 0 Å². The van der Waals surface area contributed by atoms with Crippen LogP contribution in [0.1, 0.15) is 12.5 Å². The third-order valence-electron chi connectivity index (χ3n) is 2.90. The third kappa shape index (κ3) is 2.90. The van der Waals surface area contributed by atoms with Crippen LogP contribution >= 0.6 is 0 Å². The summed E-state index contributed by atoms with van der Waals surface area (Å²) in [6.07, 6.45) is 0. The lowest BCUT2D eigenvalue weighted by molar-refractivity contribution is 0.281. The van der Waals surface area contributed by atoms with Gasteiger partial charge in [0.2, 0.25) is 0 Å². The van der Waals surface area contributed by atoms with Crippen LogP contribution in [0.25, 0.3) is 0 Å². The van der Waals surface area contributed by atoms with Gasteiger partial charge in [0.05, 0.1) is 12.3 Å². The van der Waals surface area contributed by atoms with Gasteiger partial charge >= 0.3 is 0 Å². The average molecular weight is 263 g/mol. The minimum atomic E-state index is -0.448. The number of hydrogen-bond acceptors (Lipinski definition) is 2. The largest absolute Gasteiger partial charge is 0.392 e. The molecule has 0 amide bonds. The van der Waals surface area contributed by atoms with Crippen molar-refractivity contribution in [2.24, 2.45) is 0 Å². The topological polar surface area (TPSA) is 23.5 Å². The molecule has 2 aromatic carbocycles. The maximum absolute atomic E-state index is 13.8. The van der Waals surface area contributed by atoms with Crippen molar-refractivity contribution in [1.82, 2.24) is 0 Å². The number of halogens is 2. The van der Waals surface area contributed by atoms with E-state index in [9.17, 15) is 8.78 Å². The second-order valence-corrected chi connectivity index (χ2v) is 4.17. The highest BCUT2D eigenvalue weighted by Crippen LogP contribution is 2.28. The average Bonchev–Trinajstić information content (AvgIpc) is 2.41. The van der Waals surface area contributed by atoms with Crippen LogP contribution in [0.3, 0.4) is 0 Å². The van der Waals surface area contributed by atoms with E-state index >= 15 is 0 Å². The molecule has 0 atom stereocenters. The first-order valence-corrected chi connectivity index (χ1v) is 6.08. The van der Waals surface area contributed by atoms with Crippen molar-refractivity contribution in [3.63, 3.8) is 0 Å². The Morgan fingerprint density at radius 2 is 1.84 bits per heavy atom. The van der Waals surface area contributed by atoms with Gasteiger partial charge in [-0.1, -0.05) is 12.1 Å². The minimum Gasteiger partial charge on any atom is -0.392 e. The monoisotopic (exact) mass is 263 g/mol. The number of hydrogen-bond donors (Lipinski definition) is 1. The van der Waals surface area contributed by atoms with Gasteiger partial charge in [0.1, 0.15) is 11.6 Å². The summed E-state index contributed by atoms with van der Waals surface area (Å²) in [5.74, 6) is -0.810. The van der Waals surface area contributed by atoms with Crippen molar-refractivity contribution in [2.45, 2.75) is 13.5 Å². The molecule has 19 heavy (non-hydrogen) atoms. The Kier molecular flexibility index (Phi) is 4.12. The maximum atomic E-state index is 13.8. The minimum absolute atomic E-state index is 0.250. The Labute approximate surface area is 110 Å². The first-order valence-electron chi connectivity index (χ1n) is 6.08. The van der Waals surface area contributed by atoms with Crippen molar-refractivity contribution in [3.8, 4) is 0 Å². The zero-order valence-corrected chi connectivity index (χ0v) is 10.6. The lowest BCUT2D eigenvalue weighted by Crippen LogP contribution is -2.17. The van der Waals surface area contributed by atoms with E-state index in [1.54, 1.807) is 29.2 Å². The lowest BCUT2D eigenvalue weighted by Gasteiger charge is -2.24. The van der Waals surface area contributed by atoms with Crippen LogP contribution in [-0.2, 0) is 6.61 Å². The van der Waals surface area contributed by atoms with E-state index in [0.29, 0.717) is 23.5 Å². The van der Waals surface area contributed by atoms with Crippen LogP contribution in [0.15, 0.2) is 42.5 Å². The van der Waals surface area contributed by atoms with E-state index in [4.69, 9.17) is 5.11 Å². The summed E-state index contributed by atoms with van der Waals surface area (Å²) in [6, 6.07) is 10.6. The number of anilines is 2. The summed E-state index contributed by atoms with van der Waals surface area (Å²) in [6.45, 7) is 2.10. The summed E-state index contributed by atoms with van der Waals surface area (Å²) in [4.78, 5) is 1.66. The fraction of sp³-hybridized carbons (Fsp3) is 0.200. The smallest absolute Gasteiger partial charge is 0.146 e. The van der Waals surface area contributed by atoms with Crippen LogP contribution in [0.2, 0.25) is 0 Å². The van der Waals surface area contributed by atoms with Crippen LogP contribution in [0, 0.1) is 11.6 Å². The van der Waals surface area contributed by atoms with Gasteiger partial charge in [-0.2, -0.15) is 0 Å². The molecular weight excluding hydrogens is 248 g/mol. The molecule has 0 aliphatic carbocycles. The highest BCUT2D eigenvalue weighted by Gasteiger charge is 2.13. The molecule has 2 rings (SSSR count). The van der Waals surface area contributed by atoms with Gasteiger partial charge in [0, 0.05) is 12.2 Å². The second-order valence-electron chi connectivity index (χ2n) is 4.17. The molecule has 100 valence electrons. The quantitative estimate of drug-likeness (QED) is 0.910. The molecule has 0 fully saturated rings. The standard InChI is InChI=1S/C15H15F2NO/c1-2-18(15-6-4-3-5-14(15)17)13-8-11(10-19)7-12(16)9-13/h3-9,19H,2,10H2,1H3. The number of para-hydroxylation sites is 1. The summed E-state index contributed by atoms with van der Waals surface area (Å²) in [5.41, 5.74) is 1.38. The molecule has 2 aromatic rings. The Hall–Kier alpha value is -1.94. The van der Waals surface area contributed by atoms with Crippen LogP contribution in [0.5, 0.6) is 0 Å². The molecular formula is C15H15F2NO. The zero-order chi connectivity index (χ0) is 13.8. The summed E-state index contributed by atoms with van der Waals surface area (Å²) >= 11 is 0. The molecule has 0 aliphatic heterocycles. The van der Waals surface area contributed by atoms with Crippen molar-refractivity contribution in [3.05, 3.63) is 59.7 Å². The number of nitrogens with zero attached hydrogens (tertiary/aromatic N) is 1. The zero-order valence-electron chi connectivity index (χ0n) is 10.6. The van der Waals surface area contributed by atoms with Gasteiger partial charge in [0.15, 0.2) is 0 Å². The molecule has 2 nitrogen and oxygen atoms in total. The first-order chi connectivity index (χ1) is 9.15. The molecule has 0 aromatic heterocycles. The first kappa shape index (κ1) is 13.5. The highest BCUT2D eigenvalue weighted by atomic mass is 19.1. The van der Waals surface area contributed by atoms with E-state index in [0.717, 1.165) is 0 Å². The van der Waals surface area contributed by atoms with E-state index in [2.05, 4.69) is 0 Å². The summed E-state index contributed by atoms with van der Waals surface area (Å²) in [7, 11) is 0. The molecule has 0 bridgehead atoms. The third-order valence-corrected chi connectivity index (χ3v) is 2.90. The van der Waals surface area contributed by atoms with Crippen molar-refractivity contribution in [2.75, 3.05) is 11.4 Å². The molecule has 0 saturated heterocycles. The SMILES string of the molecule is CCN(c1cc(F)cc(CO)c1)c1ccccc1F. The van der Waals surface area contributed by atoms with Gasteiger partial charge < -0.3 is 10.0 Å². The number of benzene rings is 2. The van der Waals surface area contributed by atoms with Gasteiger partial charge in [-0.05, 0) is 42.8 Å². The van der Waals surface area contributed by atoms with E-state index in [1.165, 1.54) is 18.2 Å². The molecule has 0 heterocycles. The van der Waals surface area contributed by atoms with Crippen LogP contribution in [-0.4, -0.2) is 11.7 Å². The molecule has 1 N–H and O–H groups in total. The fourth-order valence-electron chi connectivity index (χ4n) is 2.04. The Bertz CT molecular complexity index is 572. The summed E-state index contributed by atoms with van der Waals surface area (Å²) in [5, 5.41) is 9.11. The van der Waals surface area contributed by atoms with Crippen molar-refractivity contribution < 1.29 is 13.9 Å². The highest BCUT2D eigenvalue weighted by molar-refractivity contribution is 5.64. The predicted octanol–water partition coefficient (Wildman–Crippen LogP) is 3.62. The molecule has 4 heteroatoms. The van der Waals surface area contributed by atoms with E-state index < -0.39 is 5.82 Å². The molecule has 0 radical (unpaired) electrons. The number of aliphatic hydroxyl groups is 1. The molecule has 0 spiro atoms. The Morgan fingerprint density at radius 3 is 2.47 bits per heavy atom. The molecule has 0 aliphatic rings. The predicted molar refractivity (Wildman–Crippen MR) is 71.4 cm³/mol. The fourth-order valence-corrected chi connectivity index (χ4v) is 2.04. The van der Waals surface area contributed by atoms with Gasteiger partial charge in [-0.25, -0.2) is 8.78 Å². The van der Waals surface area contributed by atoms with Crippen LogP contribution < -0.4 is 4.90 Å². The second kappa shape index (κ2) is 5.80. The number of aliphatic hydroxyl groups excluding tert-OH is 1. The van der Waals surface area contributed by atoms with Gasteiger partial charge in [-0.3, -0.25) is 0 Å². The molecule has 0 saturated carbocycles.